The Hall–Kier alpha value is -2.55. The van der Waals surface area contributed by atoms with Gasteiger partial charge in [-0.2, -0.15) is 0 Å². The molecule has 2 aromatic carbocycles. The number of hydrogen-bond acceptors (Lipinski definition) is 3. The molecule has 2 aromatic rings. The Morgan fingerprint density at radius 2 is 1.62 bits per heavy atom. The third-order valence-corrected chi connectivity index (χ3v) is 4.85. The van der Waals surface area contributed by atoms with Gasteiger partial charge in [-0.25, -0.2) is 0 Å². The summed E-state index contributed by atoms with van der Waals surface area (Å²) >= 11 is 0. The van der Waals surface area contributed by atoms with Crippen LogP contribution < -0.4 is 5.32 Å². The van der Waals surface area contributed by atoms with Crippen LogP contribution in [-0.4, -0.2) is 12.0 Å². The zero-order chi connectivity index (χ0) is 18.5. The van der Waals surface area contributed by atoms with Crippen molar-refractivity contribution in [3.05, 3.63) is 71.8 Å². The van der Waals surface area contributed by atoms with Gasteiger partial charge in [0.25, 0.3) is 0 Å². The van der Waals surface area contributed by atoms with Gasteiger partial charge in [0.05, 0.1) is 5.70 Å². The van der Waals surface area contributed by atoms with Gasteiger partial charge >= 0.3 is 0 Å². The fraction of sp³-hybridized carbons (Fsp3) is 0.348. The highest BCUT2D eigenvalue weighted by Gasteiger charge is 2.50. The maximum absolute atomic E-state index is 11.9. The molecule has 26 heavy (non-hydrogen) atoms. The second-order valence-corrected chi connectivity index (χ2v) is 6.44. The van der Waals surface area contributed by atoms with Crippen molar-refractivity contribution in [1.82, 2.24) is 5.32 Å². The van der Waals surface area contributed by atoms with Crippen LogP contribution in [-0.2, 0) is 9.53 Å². The molecule has 138 valence electrons. The minimum absolute atomic E-state index is 0. The maximum Gasteiger partial charge on any atom is 0.173 e. The summed E-state index contributed by atoms with van der Waals surface area (Å²) in [6.45, 7) is 5.93. The van der Waals surface area contributed by atoms with Crippen molar-refractivity contribution in [1.29, 1.82) is 0 Å². The number of nitrogens with one attached hydrogen (secondary N) is 1. The Balaban J connectivity index is 0.000000844. The Bertz CT molecular complexity index is 722. The van der Waals surface area contributed by atoms with Gasteiger partial charge in [-0.1, -0.05) is 81.4 Å². The van der Waals surface area contributed by atoms with Gasteiger partial charge in [-0.15, -0.1) is 0 Å². The molecular weight excluding hydrogens is 322 g/mol. The Kier molecular flexibility index (Phi) is 5.77. The fourth-order valence-corrected chi connectivity index (χ4v) is 3.42. The van der Waals surface area contributed by atoms with Gasteiger partial charge in [0.2, 0.25) is 0 Å². The van der Waals surface area contributed by atoms with Crippen LogP contribution in [0.1, 0.15) is 46.2 Å². The monoisotopic (exact) mass is 351 g/mol. The predicted octanol–water partition coefficient (Wildman–Crippen LogP) is 5.35. The molecule has 3 nitrogen and oxygen atoms in total. The summed E-state index contributed by atoms with van der Waals surface area (Å²) in [7, 11) is 0. The molecule has 1 saturated carbocycles. The minimum Gasteiger partial charge on any atom is -0.468 e. The predicted molar refractivity (Wildman–Crippen MR) is 108 cm³/mol. The van der Waals surface area contributed by atoms with E-state index in [-0.39, 0.29) is 19.5 Å². The SMILES string of the molecule is CC.CCC(=O)[C@H]1C[C@H]1C1NC(c2ccccc2)=C(c2ccccc2)O1.[HH]. The van der Waals surface area contributed by atoms with Crippen LogP contribution in [0.4, 0.5) is 0 Å². The second-order valence-electron chi connectivity index (χ2n) is 6.44. The molecule has 0 saturated heterocycles. The highest BCUT2D eigenvalue weighted by Crippen LogP contribution is 2.47. The number of ketones is 1. The number of hydrogen-bond donors (Lipinski definition) is 1. The second kappa shape index (κ2) is 8.22. The smallest absolute Gasteiger partial charge is 0.173 e. The molecule has 3 heteroatoms. The van der Waals surface area contributed by atoms with E-state index in [2.05, 4.69) is 29.6 Å². The number of carbonyl (C=O) groups excluding carboxylic acids is 1. The molecule has 0 aromatic heterocycles. The molecule has 0 radical (unpaired) electrons. The maximum atomic E-state index is 11.9. The number of carbonyl (C=O) groups is 1. The van der Waals surface area contributed by atoms with E-state index in [1.165, 1.54) is 0 Å². The molecule has 0 amide bonds. The molecule has 1 unspecified atom stereocenters. The largest absolute Gasteiger partial charge is 0.468 e. The molecule has 0 bridgehead atoms. The number of ether oxygens (including phenoxy) is 1. The third kappa shape index (κ3) is 3.67. The first-order chi connectivity index (χ1) is 12.8. The molecule has 1 aliphatic carbocycles. The fourth-order valence-electron chi connectivity index (χ4n) is 3.42. The summed E-state index contributed by atoms with van der Waals surface area (Å²) in [6, 6.07) is 20.4. The molecule has 1 N–H and O–H groups in total. The minimum atomic E-state index is -0.115. The molecule has 1 aliphatic heterocycles. The van der Waals surface area contributed by atoms with Crippen LogP contribution in [0.3, 0.4) is 0 Å². The first kappa shape index (κ1) is 18.2. The first-order valence-corrected chi connectivity index (χ1v) is 9.59. The van der Waals surface area contributed by atoms with Gasteiger partial charge in [-0.3, -0.25) is 4.79 Å². The van der Waals surface area contributed by atoms with Crippen LogP contribution in [0.2, 0.25) is 0 Å². The van der Waals surface area contributed by atoms with Gasteiger partial charge in [0.1, 0.15) is 5.78 Å². The van der Waals surface area contributed by atoms with Crippen molar-refractivity contribution in [2.75, 3.05) is 0 Å². The number of benzene rings is 2. The van der Waals surface area contributed by atoms with Crippen LogP contribution in [0.25, 0.3) is 11.5 Å². The van der Waals surface area contributed by atoms with E-state index in [1.54, 1.807) is 0 Å². The van der Waals surface area contributed by atoms with Gasteiger partial charge in [0.15, 0.2) is 12.0 Å². The number of rotatable bonds is 5. The van der Waals surface area contributed by atoms with E-state index < -0.39 is 0 Å². The van der Waals surface area contributed by atoms with Gasteiger partial charge in [0, 0.05) is 30.8 Å². The van der Waals surface area contributed by atoms with Crippen molar-refractivity contribution in [3.63, 3.8) is 0 Å². The van der Waals surface area contributed by atoms with Crippen molar-refractivity contribution < 1.29 is 11.0 Å². The summed E-state index contributed by atoms with van der Waals surface area (Å²) in [5.74, 6) is 1.65. The highest BCUT2D eigenvalue weighted by atomic mass is 16.5. The Morgan fingerprint density at radius 1 is 1.04 bits per heavy atom. The van der Waals surface area contributed by atoms with Crippen LogP contribution in [0.5, 0.6) is 0 Å². The van der Waals surface area contributed by atoms with E-state index in [9.17, 15) is 4.79 Å². The summed E-state index contributed by atoms with van der Waals surface area (Å²) < 4.78 is 6.28. The van der Waals surface area contributed by atoms with E-state index in [0.717, 1.165) is 29.0 Å². The Labute approximate surface area is 157 Å². The molecule has 0 spiro atoms. The van der Waals surface area contributed by atoms with Crippen LogP contribution in [0, 0.1) is 11.8 Å². The third-order valence-electron chi connectivity index (χ3n) is 4.85. The number of Topliss-reactive ketones (excluding diaryl/α,β-unsaturated/α-hetero) is 1. The lowest BCUT2D eigenvalue weighted by Gasteiger charge is -2.13. The van der Waals surface area contributed by atoms with Crippen molar-refractivity contribution in [2.24, 2.45) is 11.8 Å². The van der Waals surface area contributed by atoms with Crippen molar-refractivity contribution in [3.8, 4) is 0 Å². The van der Waals surface area contributed by atoms with E-state index in [0.29, 0.717) is 12.2 Å². The standard InChI is InChI=1S/C21H21NO2.C2H6.H2/c1-2-18(23)16-13-17(16)21-22-19(14-9-5-3-6-10-14)20(24-21)15-11-7-4-8-12-15;1-2;/h3-12,16-17,21-22H,2,13H2,1H3;1-2H3;1H/t16-,17+,21?;;/m0../s1. The Morgan fingerprint density at radius 3 is 2.19 bits per heavy atom. The lowest BCUT2D eigenvalue weighted by molar-refractivity contribution is -0.120. The first-order valence-electron chi connectivity index (χ1n) is 9.59. The molecule has 1 fully saturated rings. The molecule has 2 aliphatic rings. The van der Waals surface area contributed by atoms with Gasteiger partial charge < -0.3 is 10.1 Å². The quantitative estimate of drug-likeness (QED) is 0.789. The average molecular weight is 351 g/mol. The topological polar surface area (TPSA) is 38.3 Å². The lowest BCUT2D eigenvalue weighted by atomic mass is 10.1. The van der Waals surface area contributed by atoms with E-state index >= 15 is 0 Å². The summed E-state index contributed by atoms with van der Waals surface area (Å²) in [5.41, 5.74) is 3.18. The molecule has 4 rings (SSSR count). The average Bonchev–Trinajstić information content (AvgIpc) is 3.41. The van der Waals surface area contributed by atoms with Crippen LogP contribution >= 0.6 is 0 Å². The zero-order valence-electron chi connectivity index (χ0n) is 15.7. The molecular formula is C23H29NO2. The van der Waals surface area contributed by atoms with E-state index in [4.69, 9.17) is 4.74 Å². The molecule has 1 heterocycles. The highest BCUT2D eigenvalue weighted by molar-refractivity contribution is 5.89. The lowest BCUT2D eigenvalue weighted by Crippen LogP contribution is -2.27. The van der Waals surface area contributed by atoms with Crippen molar-refractivity contribution >= 4 is 17.2 Å². The van der Waals surface area contributed by atoms with Crippen molar-refractivity contribution in [2.45, 2.75) is 39.8 Å². The zero-order valence-corrected chi connectivity index (χ0v) is 15.7. The van der Waals surface area contributed by atoms with E-state index in [1.807, 2.05) is 57.2 Å². The summed E-state index contributed by atoms with van der Waals surface area (Å²) in [4.78, 5) is 11.9. The van der Waals surface area contributed by atoms with Crippen LogP contribution in [0.15, 0.2) is 60.7 Å². The normalized spacial score (nSPS) is 23.4. The summed E-state index contributed by atoms with van der Waals surface area (Å²) in [6.07, 6.45) is 1.42. The summed E-state index contributed by atoms with van der Waals surface area (Å²) in [5, 5.41) is 3.53. The van der Waals surface area contributed by atoms with Gasteiger partial charge in [-0.05, 0) is 6.42 Å². The molecule has 3 atom stereocenters.